The van der Waals surface area contributed by atoms with Crippen LogP contribution >= 0.6 is 0 Å². The van der Waals surface area contributed by atoms with Gasteiger partial charge >= 0.3 is 0 Å². The smallest absolute Gasteiger partial charge is 0.255 e. The Hall–Kier alpha value is -3.47. The molecule has 0 aliphatic rings. The maximum absolute atomic E-state index is 12.6. The minimum Gasteiger partial charge on any atom is -0.436 e. The summed E-state index contributed by atoms with van der Waals surface area (Å²) in [7, 11) is 0. The molecule has 4 aromatic rings. The lowest BCUT2D eigenvalue weighted by Crippen LogP contribution is -2.14. The maximum Gasteiger partial charge on any atom is 0.255 e. The number of hydrogen-bond donors (Lipinski definition) is 1. The summed E-state index contributed by atoms with van der Waals surface area (Å²) in [6, 6.07) is 16.8. The van der Waals surface area contributed by atoms with Crippen molar-refractivity contribution in [2.24, 2.45) is 0 Å². The highest BCUT2D eigenvalue weighted by Crippen LogP contribution is 2.26. The minimum atomic E-state index is -0.157. The second-order valence-corrected chi connectivity index (χ2v) is 7.72. The topological polar surface area (TPSA) is 68.0 Å². The molecule has 4 rings (SSSR count). The Bertz CT molecular complexity index is 1120. The lowest BCUT2D eigenvalue weighted by Gasteiger charge is -2.19. The molecule has 0 aliphatic heterocycles. The summed E-state index contributed by atoms with van der Waals surface area (Å²) >= 11 is 0. The van der Waals surface area contributed by atoms with Crippen molar-refractivity contribution >= 4 is 22.7 Å². The van der Waals surface area contributed by atoms with Crippen LogP contribution in [0.4, 0.5) is 5.69 Å². The molecule has 1 amide bonds. The van der Waals surface area contributed by atoms with Gasteiger partial charge in [-0.15, -0.1) is 0 Å². The predicted octanol–water partition coefficient (Wildman–Crippen LogP) is 5.44. The molecule has 0 aliphatic carbocycles. The second-order valence-electron chi connectivity index (χ2n) is 7.72. The lowest BCUT2D eigenvalue weighted by molar-refractivity contribution is 0.102. The summed E-state index contributed by atoms with van der Waals surface area (Å²) in [4.78, 5) is 21.2. The fourth-order valence-corrected chi connectivity index (χ4v) is 2.94. The summed E-state index contributed by atoms with van der Waals surface area (Å²) in [5.74, 6) is 0.347. The third-order valence-corrected chi connectivity index (χ3v) is 4.57. The van der Waals surface area contributed by atoms with E-state index in [1.807, 2.05) is 42.5 Å². The first kappa shape index (κ1) is 17.9. The number of hydrogen-bond acceptors (Lipinski definition) is 4. The average molecular weight is 371 g/mol. The zero-order valence-corrected chi connectivity index (χ0v) is 16.1. The van der Waals surface area contributed by atoms with Gasteiger partial charge in [0.15, 0.2) is 5.58 Å². The second kappa shape index (κ2) is 6.93. The SMILES string of the molecule is CC(C)(C)c1ccc(C(=O)Nc2ccc3oc(-c4cccnc4)nc3c2)cc1. The Balaban J connectivity index is 1.55. The van der Waals surface area contributed by atoms with Crippen molar-refractivity contribution in [2.75, 3.05) is 5.32 Å². The summed E-state index contributed by atoms with van der Waals surface area (Å²) in [6.07, 6.45) is 3.41. The van der Waals surface area contributed by atoms with E-state index >= 15 is 0 Å². The summed E-state index contributed by atoms with van der Waals surface area (Å²) in [6.45, 7) is 6.44. The summed E-state index contributed by atoms with van der Waals surface area (Å²) < 4.78 is 5.78. The largest absolute Gasteiger partial charge is 0.436 e. The molecule has 0 bridgehead atoms. The molecular formula is C23H21N3O2. The van der Waals surface area contributed by atoms with Gasteiger partial charge < -0.3 is 9.73 Å². The standard InChI is InChI=1S/C23H21N3O2/c1-23(2,3)17-8-6-15(7-9-17)21(27)25-18-10-11-20-19(13-18)26-22(28-20)16-5-4-12-24-14-16/h4-14H,1-3H3,(H,25,27). The van der Waals surface area contributed by atoms with Crippen molar-refractivity contribution in [1.29, 1.82) is 0 Å². The first-order valence-electron chi connectivity index (χ1n) is 9.13. The molecule has 2 aromatic carbocycles. The van der Waals surface area contributed by atoms with Crippen molar-refractivity contribution in [3.05, 3.63) is 78.1 Å². The van der Waals surface area contributed by atoms with Crippen LogP contribution < -0.4 is 5.32 Å². The van der Waals surface area contributed by atoms with Crippen LogP contribution in [0.3, 0.4) is 0 Å². The van der Waals surface area contributed by atoms with Crippen LogP contribution in [-0.2, 0) is 5.41 Å². The van der Waals surface area contributed by atoms with E-state index in [0.29, 0.717) is 28.2 Å². The lowest BCUT2D eigenvalue weighted by atomic mass is 9.87. The van der Waals surface area contributed by atoms with E-state index in [1.54, 1.807) is 24.5 Å². The zero-order valence-electron chi connectivity index (χ0n) is 16.1. The molecule has 0 saturated carbocycles. The van der Waals surface area contributed by atoms with Crippen molar-refractivity contribution in [3.63, 3.8) is 0 Å². The Morgan fingerprint density at radius 2 is 1.82 bits per heavy atom. The number of amides is 1. The summed E-state index contributed by atoms with van der Waals surface area (Å²) in [5.41, 5.74) is 4.68. The normalized spacial score (nSPS) is 11.5. The minimum absolute atomic E-state index is 0.0545. The number of benzene rings is 2. The predicted molar refractivity (Wildman–Crippen MR) is 110 cm³/mol. The van der Waals surface area contributed by atoms with Crippen molar-refractivity contribution < 1.29 is 9.21 Å². The van der Waals surface area contributed by atoms with Gasteiger partial charge in [-0.2, -0.15) is 0 Å². The number of pyridine rings is 1. The highest BCUT2D eigenvalue weighted by molar-refractivity contribution is 6.05. The molecule has 28 heavy (non-hydrogen) atoms. The van der Waals surface area contributed by atoms with E-state index in [2.05, 4.69) is 36.1 Å². The Labute approximate surface area is 163 Å². The van der Waals surface area contributed by atoms with Crippen LogP contribution in [0.15, 0.2) is 71.4 Å². The quantitative estimate of drug-likeness (QED) is 0.521. The molecule has 2 aromatic heterocycles. The van der Waals surface area contributed by atoms with Crippen LogP contribution in [-0.4, -0.2) is 15.9 Å². The number of nitrogens with zero attached hydrogens (tertiary/aromatic N) is 2. The fourth-order valence-electron chi connectivity index (χ4n) is 2.94. The molecule has 0 radical (unpaired) electrons. The van der Waals surface area contributed by atoms with Gasteiger partial charge in [0.25, 0.3) is 5.91 Å². The van der Waals surface area contributed by atoms with E-state index in [9.17, 15) is 4.79 Å². The molecule has 0 unspecified atom stereocenters. The van der Waals surface area contributed by atoms with Gasteiger partial charge in [-0.1, -0.05) is 32.9 Å². The number of rotatable bonds is 3. The molecule has 0 saturated heterocycles. The molecule has 5 nitrogen and oxygen atoms in total. The number of carbonyl (C=O) groups is 1. The van der Waals surface area contributed by atoms with Crippen LogP contribution in [0, 0.1) is 0 Å². The van der Waals surface area contributed by atoms with Gasteiger partial charge in [-0.25, -0.2) is 4.98 Å². The van der Waals surface area contributed by atoms with E-state index in [4.69, 9.17) is 4.42 Å². The molecule has 0 fully saturated rings. The third kappa shape index (κ3) is 3.64. The molecule has 140 valence electrons. The number of nitrogens with one attached hydrogen (secondary N) is 1. The van der Waals surface area contributed by atoms with Crippen molar-refractivity contribution in [3.8, 4) is 11.5 Å². The monoisotopic (exact) mass is 371 g/mol. The molecular weight excluding hydrogens is 350 g/mol. The first-order chi connectivity index (χ1) is 13.4. The van der Waals surface area contributed by atoms with Crippen molar-refractivity contribution in [2.45, 2.75) is 26.2 Å². The zero-order chi connectivity index (χ0) is 19.7. The van der Waals surface area contributed by atoms with Gasteiger partial charge in [-0.3, -0.25) is 9.78 Å². The van der Waals surface area contributed by atoms with Crippen LogP contribution in [0.2, 0.25) is 0 Å². The van der Waals surface area contributed by atoms with Gasteiger partial charge in [-0.05, 0) is 53.4 Å². The molecule has 0 spiro atoms. The number of anilines is 1. The van der Waals surface area contributed by atoms with E-state index in [-0.39, 0.29) is 11.3 Å². The van der Waals surface area contributed by atoms with Crippen molar-refractivity contribution in [1.82, 2.24) is 9.97 Å². The van der Waals surface area contributed by atoms with E-state index in [1.165, 1.54) is 5.56 Å². The van der Waals surface area contributed by atoms with Gasteiger partial charge in [0, 0.05) is 23.6 Å². The highest BCUT2D eigenvalue weighted by Gasteiger charge is 2.15. The first-order valence-corrected chi connectivity index (χ1v) is 9.13. The molecule has 2 heterocycles. The molecule has 5 heteroatoms. The molecule has 0 atom stereocenters. The van der Waals surface area contributed by atoms with E-state index in [0.717, 1.165) is 5.56 Å². The third-order valence-electron chi connectivity index (χ3n) is 4.57. The van der Waals surface area contributed by atoms with Gasteiger partial charge in [0.2, 0.25) is 5.89 Å². The Morgan fingerprint density at radius 1 is 1.04 bits per heavy atom. The van der Waals surface area contributed by atoms with Gasteiger partial charge in [0.05, 0.1) is 5.56 Å². The van der Waals surface area contributed by atoms with Crippen LogP contribution in [0.1, 0.15) is 36.7 Å². The Kier molecular flexibility index (Phi) is 4.43. The highest BCUT2D eigenvalue weighted by atomic mass is 16.3. The van der Waals surface area contributed by atoms with E-state index < -0.39 is 0 Å². The van der Waals surface area contributed by atoms with Crippen LogP contribution in [0.25, 0.3) is 22.6 Å². The maximum atomic E-state index is 12.6. The number of fused-ring (bicyclic) bond motifs is 1. The Morgan fingerprint density at radius 3 is 2.50 bits per heavy atom. The van der Waals surface area contributed by atoms with Gasteiger partial charge in [0.1, 0.15) is 5.52 Å². The van der Waals surface area contributed by atoms with Crippen LogP contribution in [0.5, 0.6) is 0 Å². The number of oxazole rings is 1. The average Bonchev–Trinajstić information content (AvgIpc) is 3.11. The molecule has 1 N–H and O–H groups in total. The summed E-state index contributed by atoms with van der Waals surface area (Å²) in [5, 5.41) is 2.92. The number of carbonyl (C=O) groups excluding carboxylic acids is 1. The fraction of sp³-hybridized carbons (Fsp3) is 0.174. The number of aromatic nitrogens is 2.